The number of rotatable bonds is 6. The number of thioether (sulfide) groups is 1. The summed E-state index contributed by atoms with van der Waals surface area (Å²) in [6, 6.07) is 0.407. The quantitative estimate of drug-likeness (QED) is 0.715. The van der Waals surface area contributed by atoms with Crippen molar-refractivity contribution in [2.75, 3.05) is 38.8 Å². The van der Waals surface area contributed by atoms with E-state index in [1.54, 1.807) is 0 Å². The van der Waals surface area contributed by atoms with Gasteiger partial charge in [0.25, 0.3) is 0 Å². The SMILES string of the molecule is CSCCN(C)C(CN)C1CCCO1. The Hall–Kier alpha value is 0.230. The summed E-state index contributed by atoms with van der Waals surface area (Å²) in [7, 11) is 2.15. The molecule has 3 nitrogen and oxygen atoms in total. The molecule has 1 saturated heterocycles. The van der Waals surface area contributed by atoms with Crippen LogP contribution in [0, 0.1) is 0 Å². The van der Waals surface area contributed by atoms with Gasteiger partial charge in [0, 0.05) is 31.5 Å². The maximum atomic E-state index is 5.80. The van der Waals surface area contributed by atoms with Crippen LogP contribution in [0.4, 0.5) is 0 Å². The van der Waals surface area contributed by atoms with Crippen molar-refractivity contribution in [1.82, 2.24) is 4.90 Å². The highest BCUT2D eigenvalue weighted by atomic mass is 32.2. The molecule has 1 fully saturated rings. The molecule has 2 N–H and O–H groups in total. The lowest BCUT2D eigenvalue weighted by Gasteiger charge is -2.30. The molecule has 0 spiro atoms. The van der Waals surface area contributed by atoms with Crippen molar-refractivity contribution in [2.45, 2.75) is 25.0 Å². The van der Waals surface area contributed by atoms with Gasteiger partial charge >= 0.3 is 0 Å². The first-order valence-electron chi connectivity index (χ1n) is 5.30. The fourth-order valence-corrected chi connectivity index (χ4v) is 2.39. The number of nitrogens with zero attached hydrogens (tertiary/aromatic N) is 1. The van der Waals surface area contributed by atoms with Crippen LogP contribution >= 0.6 is 11.8 Å². The predicted octanol–water partition coefficient (Wildman–Crippen LogP) is 0.787. The summed E-state index contributed by atoms with van der Waals surface area (Å²) in [6.45, 7) is 2.72. The summed E-state index contributed by atoms with van der Waals surface area (Å²) >= 11 is 1.88. The van der Waals surface area contributed by atoms with E-state index in [1.807, 2.05) is 11.8 Å². The van der Waals surface area contributed by atoms with E-state index in [4.69, 9.17) is 10.5 Å². The first kappa shape index (κ1) is 12.3. The number of hydrogen-bond acceptors (Lipinski definition) is 4. The summed E-state index contributed by atoms with van der Waals surface area (Å²) in [5.41, 5.74) is 5.80. The Bertz CT molecular complexity index is 151. The fourth-order valence-electron chi connectivity index (χ4n) is 1.92. The van der Waals surface area contributed by atoms with Crippen LogP contribution < -0.4 is 5.73 Å². The lowest BCUT2D eigenvalue weighted by atomic mass is 10.1. The van der Waals surface area contributed by atoms with Gasteiger partial charge < -0.3 is 10.5 Å². The Labute approximate surface area is 91.4 Å². The molecule has 0 saturated carbocycles. The van der Waals surface area contributed by atoms with E-state index in [1.165, 1.54) is 18.6 Å². The van der Waals surface area contributed by atoms with Crippen molar-refractivity contribution in [2.24, 2.45) is 5.73 Å². The van der Waals surface area contributed by atoms with E-state index in [-0.39, 0.29) is 0 Å². The highest BCUT2D eigenvalue weighted by molar-refractivity contribution is 7.98. The van der Waals surface area contributed by atoms with Gasteiger partial charge in [-0.1, -0.05) is 0 Å². The Kier molecular flexibility index (Phi) is 5.86. The van der Waals surface area contributed by atoms with Crippen LogP contribution in [-0.4, -0.2) is 55.8 Å². The summed E-state index contributed by atoms with van der Waals surface area (Å²) < 4.78 is 5.68. The largest absolute Gasteiger partial charge is 0.377 e. The highest BCUT2D eigenvalue weighted by Crippen LogP contribution is 2.18. The number of ether oxygens (including phenoxy) is 1. The van der Waals surface area contributed by atoms with Crippen LogP contribution in [0.1, 0.15) is 12.8 Å². The third-order valence-electron chi connectivity index (χ3n) is 2.85. The van der Waals surface area contributed by atoms with E-state index < -0.39 is 0 Å². The third kappa shape index (κ3) is 3.42. The second kappa shape index (κ2) is 6.67. The standard InChI is InChI=1S/C10H22N2OS/c1-12(5-7-14-2)9(8-11)10-4-3-6-13-10/h9-10H,3-8,11H2,1-2H3. The first-order chi connectivity index (χ1) is 6.79. The molecule has 0 aromatic carbocycles. The van der Waals surface area contributed by atoms with Crippen molar-refractivity contribution in [3.8, 4) is 0 Å². The van der Waals surface area contributed by atoms with Gasteiger partial charge in [-0.25, -0.2) is 0 Å². The lowest BCUT2D eigenvalue weighted by Crippen LogP contribution is -2.47. The van der Waals surface area contributed by atoms with Gasteiger partial charge in [-0.15, -0.1) is 0 Å². The minimum atomic E-state index is 0.367. The maximum Gasteiger partial charge on any atom is 0.0743 e. The first-order valence-corrected chi connectivity index (χ1v) is 6.69. The molecular formula is C10H22N2OS. The molecule has 0 aromatic rings. The zero-order valence-corrected chi connectivity index (χ0v) is 10.1. The molecular weight excluding hydrogens is 196 g/mol. The Balaban J connectivity index is 2.34. The average molecular weight is 218 g/mol. The topological polar surface area (TPSA) is 38.5 Å². The van der Waals surface area contributed by atoms with Crippen LogP contribution in [0.3, 0.4) is 0 Å². The molecule has 4 heteroatoms. The smallest absolute Gasteiger partial charge is 0.0743 e. The number of likely N-dealkylation sites (N-methyl/N-ethyl adjacent to an activating group) is 1. The molecule has 2 atom stereocenters. The molecule has 2 unspecified atom stereocenters. The Morgan fingerprint density at radius 1 is 1.64 bits per heavy atom. The van der Waals surface area contributed by atoms with Gasteiger partial charge in [-0.2, -0.15) is 11.8 Å². The van der Waals surface area contributed by atoms with Crippen LogP contribution in [0.15, 0.2) is 0 Å². The molecule has 0 amide bonds. The molecule has 1 heterocycles. The van der Waals surface area contributed by atoms with Crippen LogP contribution in [0.5, 0.6) is 0 Å². The second-order valence-corrected chi connectivity index (χ2v) is 4.81. The Morgan fingerprint density at radius 2 is 2.43 bits per heavy atom. The van der Waals surface area contributed by atoms with Crippen LogP contribution in [-0.2, 0) is 4.74 Å². The molecule has 84 valence electrons. The molecule has 0 bridgehead atoms. The summed E-state index contributed by atoms with van der Waals surface area (Å²) in [4.78, 5) is 2.34. The van der Waals surface area contributed by atoms with Crippen molar-refractivity contribution >= 4 is 11.8 Å². The van der Waals surface area contributed by atoms with Gasteiger partial charge in [-0.05, 0) is 26.1 Å². The van der Waals surface area contributed by atoms with Crippen molar-refractivity contribution in [1.29, 1.82) is 0 Å². The van der Waals surface area contributed by atoms with Crippen molar-refractivity contribution < 1.29 is 4.74 Å². The molecule has 1 aliphatic heterocycles. The Morgan fingerprint density at radius 3 is 2.93 bits per heavy atom. The zero-order valence-electron chi connectivity index (χ0n) is 9.24. The minimum absolute atomic E-state index is 0.367. The van der Waals surface area contributed by atoms with E-state index in [2.05, 4.69) is 18.2 Å². The minimum Gasteiger partial charge on any atom is -0.377 e. The summed E-state index contributed by atoms with van der Waals surface area (Å²) in [5.74, 6) is 1.17. The maximum absolute atomic E-state index is 5.80. The normalized spacial score (nSPS) is 24.4. The van der Waals surface area contributed by atoms with Gasteiger partial charge in [0.1, 0.15) is 0 Å². The fraction of sp³-hybridized carbons (Fsp3) is 1.00. The number of nitrogens with two attached hydrogens (primary N) is 1. The molecule has 1 rings (SSSR count). The molecule has 14 heavy (non-hydrogen) atoms. The predicted molar refractivity (Wildman–Crippen MR) is 62.8 cm³/mol. The highest BCUT2D eigenvalue weighted by Gasteiger charge is 2.27. The third-order valence-corrected chi connectivity index (χ3v) is 3.44. The lowest BCUT2D eigenvalue weighted by molar-refractivity contribution is 0.0397. The van der Waals surface area contributed by atoms with E-state index in [9.17, 15) is 0 Å². The van der Waals surface area contributed by atoms with Gasteiger partial charge in [-0.3, -0.25) is 4.90 Å². The van der Waals surface area contributed by atoms with Gasteiger partial charge in [0.15, 0.2) is 0 Å². The van der Waals surface area contributed by atoms with Crippen LogP contribution in [0.2, 0.25) is 0 Å². The van der Waals surface area contributed by atoms with E-state index in [0.717, 1.165) is 13.2 Å². The van der Waals surface area contributed by atoms with E-state index in [0.29, 0.717) is 18.7 Å². The molecule has 0 aliphatic carbocycles. The zero-order chi connectivity index (χ0) is 10.4. The second-order valence-electron chi connectivity index (χ2n) is 3.83. The van der Waals surface area contributed by atoms with Crippen molar-refractivity contribution in [3.05, 3.63) is 0 Å². The van der Waals surface area contributed by atoms with Gasteiger partial charge in [0.2, 0.25) is 0 Å². The monoisotopic (exact) mass is 218 g/mol. The average Bonchev–Trinajstić information content (AvgIpc) is 2.69. The molecule has 1 aliphatic rings. The number of hydrogen-bond donors (Lipinski definition) is 1. The summed E-state index contributed by atoms with van der Waals surface area (Å²) in [6.07, 6.45) is 4.87. The van der Waals surface area contributed by atoms with Crippen molar-refractivity contribution in [3.63, 3.8) is 0 Å². The molecule has 0 radical (unpaired) electrons. The summed E-state index contributed by atoms with van der Waals surface area (Å²) in [5, 5.41) is 0. The van der Waals surface area contributed by atoms with Gasteiger partial charge in [0.05, 0.1) is 6.10 Å². The van der Waals surface area contributed by atoms with E-state index >= 15 is 0 Å². The van der Waals surface area contributed by atoms with Crippen LogP contribution in [0.25, 0.3) is 0 Å². The molecule has 0 aromatic heterocycles.